The summed E-state index contributed by atoms with van der Waals surface area (Å²) < 4.78 is 0. The molecular formula is C15H30N4O. The number of amides is 1. The molecule has 0 bridgehead atoms. The summed E-state index contributed by atoms with van der Waals surface area (Å²) in [5, 5.41) is 3.22. The first-order valence-electron chi connectivity index (χ1n) is 7.25. The summed E-state index contributed by atoms with van der Waals surface area (Å²) in [5.74, 6) is 0.973. The van der Waals surface area contributed by atoms with E-state index in [1.165, 1.54) is 12.8 Å². The van der Waals surface area contributed by atoms with Crippen LogP contribution in [-0.4, -0.2) is 62.9 Å². The monoisotopic (exact) mass is 282 g/mol. The van der Waals surface area contributed by atoms with Crippen molar-refractivity contribution in [3.05, 3.63) is 12.7 Å². The molecule has 0 fully saturated rings. The minimum atomic E-state index is 0.125. The molecule has 0 aromatic rings. The van der Waals surface area contributed by atoms with Crippen LogP contribution in [0.1, 0.15) is 32.1 Å². The SMILES string of the molecule is C=CCCCCCN(C)C(=NC)NCCC(=O)N(C)C. The smallest absolute Gasteiger partial charge is 0.223 e. The molecule has 0 aliphatic carbocycles. The van der Waals surface area contributed by atoms with Gasteiger partial charge in [-0.05, 0) is 19.3 Å². The van der Waals surface area contributed by atoms with Crippen LogP contribution in [0.4, 0.5) is 0 Å². The number of unbranched alkanes of at least 4 members (excludes halogenated alkanes) is 3. The molecule has 0 heterocycles. The van der Waals surface area contributed by atoms with E-state index in [0.29, 0.717) is 13.0 Å². The molecule has 20 heavy (non-hydrogen) atoms. The number of carbonyl (C=O) groups excluding carboxylic acids is 1. The maximum atomic E-state index is 11.5. The molecule has 0 aliphatic rings. The maximum Gasteiger partial charge on any atom is 0.223 e. The second-order valence-corrected chi connectivity index (χ2v) is 5.07. The predicted molar refractivity (Wildman–Crippen MR) is 86.0 cm³/mol. The highest BCUT2D eigenvalue weighted by Crippen LogP contribution is 2.01. The first-order valence-corrected chi connectivity index (χ1v) is 7.25. The zero-order chi connectivity index (χ0) is 15.4. The van der Waals surface area contributed by atoms with Gasteiger partial charge in [-0.25, -0.2) is 0 Å². The number of guanidine groups is 1. The predicted octanol–water partition coefficient (Wildman–Crippen LogP) is 1.72. The number of rotatable bonds is 9. The Kier molecular flexibility index (Phi) is 10.5. The van der Waals surface area contributed by atoms with E-state index in [0.717, 1.165) is 25.3 Å². The molecule has 0 rings (SSSR count). The zero-order valence-electron chi connectivity index (χ0n) is 13.5. The van der Waals surface area contributed by atoms with Crippen LogP contribution in [0, 0.1) is 0 Å². The molecule has 0 saturated heterocycles. The molecular weight excluding hydrogens is 252 g/mol. The van der Waals surface area contributed by atoms with E-state index in [-0.39, 0.29) is 5.91 Å². The molecule has 5 nitrogen and oxygen atoms in total. The highest BCUT2D eigenvalue weighted by Gasteiger charge is 2.07. The lowest BCUT2D eigenvalue weighted by atomic mass is 10.2. The highest BCUT2D eigenvalue weighted by molar-refractivity contribution is 5.81. The van der Waals surface area contributed by atoms with Gasteiger partial charge in [-0.15, -0.1) is 6.58 Å². The summed E-state index contributed by atoms with van der Waals surface area (Å²) in [6.07, 6.45) is 7.07. The van der Waals surface area contributed by atoms with Gasteiger partial charge in [0.05, 0.1) is 0 Å². The van der Waals surface area contributed by atoms with Gasteiger partial charge in [-0.1, -0.05) is 12.5 Å². The molecule has 0 atom stereocenters. The second-order valence-electron chi connectivity index (χ2n) is 5.07. The number of allylic oxidation sites excluding steroid dienone is 1. The Morgan fingerprint density at radius 3 is 2.50 bits per heavy atom. The summed E-state index contributed by atoms with van der Waals surface area (Å²) >= 11 is 0. The van der Waals surface area contributed by atoms with Crippen LogP contribution in [0.15, 0.2) is 17.6 Å². The third-order valence-corrected chi connectivity index (χ3v) is 3.10. The largest absolute Gasteiger partial charge is 0.356 e. The van der Waals surface area contributed by atoms with Crippen molar-refractivity contribution in [3.8, 4) is 0 Å². The van der Waals surface area contributed by atoms with Crippen molar-refractivity contribution >= 4 is 11.9 Å². The molecule has 5 heteroatoms. The van der Waals surface area contributed by atoms with Crippen molar-refractivity contribution in [2.45, 2.75) is 32.1 Å². The summed E-state index contributed by atoms with van der Waals surface area (Å²) in [6.45, 7) is 5.31. The second kappa shape index (κ2) is 11.3. The third kappa shape index (κ3) is 8.56. The van der Waals surface area contributed by atoms with Crippen LogP contribution in [0.5, 0.6) is 0 Å². The molecule has 0 aliphatic heterocycles. The van der Waals surface area contributed by atoms with Crippen LogP contribution in [0.3, 0.4) is 0 Å². The first kappa shape index (κ1) is 18.5. The van der Waals surface area contributed by atoms with E-state index < -0.39 is 0 Å². The Bertz CT molecular complexity index is 313. The highest BCUT2D eigenvalue weighted by atomic mass is 16.2. The number of hydrogen-bond donors (Lipinski definition) is 1. The zero-order valence-corrected chi connectivity index (χ0v) is 13.5. The van der Waals surface area contributed by atoms with Crippen molar-refractivity contribution in [1.82, 2.24) is 15.1 Å². The van der Waals surface area contributed by atoms with Crippen LogP contribution in [0.2, 0.25) is 0 Å². The Morgan fingerprint density at radius 1 is 1.25 bits per heavy atom. The topological polar surface area (TPSA) is 47.9 Å². The van der Waals surface area contributed by atoms with Gasteiger partial charge in [0.15, 0.2) is 5.96 Å². The van der Waals surface area contributed by atoms with Crippen molar-refractivity contribution in [2.75, 3.05) is 41.3 Å². The lowest BCUT2D eigenvalue weighted by molar-refractivity contribution is -0.128. The molecule has 1 N–H and O–H groups in total. The Balaban J connectivity index is 3.89. The fourth-order valence-corrected chi connectivity index (χ4v) is 1.81. The van der Waals surface area contributed by atoms with Crippen molar-refractivity contribution in [3.63, 3.8) is 0 Å². The van der Waals surface area contributed by atoms with Crippen molar-refractivity contribution in [2.24, 2.45) is 4.99 Å². The lowest BCUT2D eigenvalue weighted by Gasteiger charge is -2.22. The molecule has 1 amide bonds. The van der Waals surface area contributed by atoms with E-state index in [2.05, 4.69) is 21.8 Å². The molecule has 0 aromatic heterocycles. The van der Waals surface area contributed by atoms with E-state index in [1.54, 1.807) is 26.0 Å². The van der Waals surface area contributed by atoms with Crippen LogP contribution in [-0.2, 0) is 4.79 Å². The number of carbonyl (C=O) groups is 1. The van der Waals surface area contributed by atoms with E-state index in [1.807, 2.05) is 13.1 Å². The average Bonchev–Trinajstić information content (AvgIpc) is 2.42. The van der Waals surface area contributed by atoms with E-state index >= 15 is 0 Å². The molecule has 0 unspecified atom stereocenters. The molecule has 0 aromatic carbocycles. The summed E-state index contributed by atoms with van der Waals surface area (Å²) in [6, 6.07) is 0. The van der Waals surface area contributed by atoms with Gasteiger partial charge in [0.2, 0.25) is 5.91 Å². The summed E-state index contributed by atoms with van der Waals surface area (Å²) in [5.41, 5.74) is 0. The van der Waals surface area contributed by atoms with Gasteiger partial charge in [0, 0.05) is 47.7 Å². The Hall–Kier alpha value is -1.52. The van der Waals surface area contributed by atoms with Gasteiger partial charge >= 0.3 is 0 Å². The fourth-order valence-electron chi connectivity index (χ4n) is 1.81. The minimum absolute atomic E-state index is 0.125. The number of aliphatic imine (C=N–C) groups is 1. The number of nitrogens with one attached hydrogen (secondary N) is 1. The minimum Gasteiger partial charge on any atom is -0.356 e. The van der Waals surface area contributed by atoms with E-state index in [9.17, 15) is 4.79 Å². The van der Waals surface area contributed by atoms with Crippen LogP contribution < -0.4 is 5.32 Å². The van der Waals surface area contributed by atoms with Gasteiger partial charge < -0.3 is 15.1 Å². The van der Waals surface area contributed by atoms with Crippen LogP contribution >= 0.6 is 0 Å². The van der Waals surface area contributed by atoms with Gasteiger partial charge in [-0.3, -0.25) is 9.79 Å². The number of nitrogens with zero attached hydrogens (tertiary/aromatic N) is 3. The molecule has 0 radical (unpaired) electrons. The fraction of sp³-hybridized carbons (Fsp3) is 0.733. The molecule has 0 spiro atoms. The third-order valence-electron chi connectivity index (χ3n) is 3.10. The molecule has 0 saturated carbocycles. The standard InChI is InChI=1S/C15H30N4O/c1-6-7-8-9-10-13-19(5)15(16-2)17-12-11-14(20)18(3)4/h6H,1,7-13H2,2-5H3,(H,16,17). The average molecular weight is 282 g/mol. The lowest BCUT2D eigenvalue weighted by Crippen LogP contribution is -2.40. The Labute approximate surface area is 123 Å². The Morgan fingerprint density at radius 2 is 1.95 bits per heavy atom. The van der Waals surface area contributed by atoms with Crippen molar-refractivity contribution in [1.29, 1.82) is 0 Å². The van der Waals surface area contributed by atoms with Gasteiger partial charge in [0.25, 0.3) is 0 Å². The summed E-state index contributed by atoms with van der Waals surface area (Å²) in [7, 11) is 7.33. The van der Waals surface area contributed by atoms with E-state index in [4.69, 9.17) is 0 Å². The maximum absolute atomic E-state index is 11.5. The van der Waals surface area contributed by atoms with Gasteiger partial charge in [0.1, 0.15) is 0 Å². The normalized spacial score (nSPS) is 11.1. The van der Waals surface area contributed by atoms with Crippen LogP contribution in [0.25, 0.3) is 0 Å². The summed E-state index contributed by atoms with van der Waals surface area (Å²) in [4.78, 5) is 19.4. The first-order chi connectivity index (χ1) is 9.52. The number of hydrogen-bond acceptors (Lipinski definition) is 2. The molecule has 116 valence electrons. The quantitative estimate of drug-likeness (QED) is 0.303. The van der Waals surface area contributed by atoms with Crippen molar-refractivity contribution < 1.29 is 4.79 Å². The van der Waals surface area contributed by atoms with Gasteiger partial charge in [-0.2, -0.15) is 0 Å².